The standard InChI is InChI=1S/C20H16F2N4O/c1-11-19(23-24-26(11)18-7-3-14(21)9-17(18)22)12-2-6-16-13(8-12)10-25(20(16)27)15-4-5-15/h2-3,6-9,15H,4-5,10H2,1H3. The molecule has 0 spiro atoms. The minimum Gasteiger partial charge on any atom is -0.331 e. The number of aromatic nitrogens is 3. The van der Waals surface area contributed by atoms with Crippen LogP contribution >= 0.6 is 0 Å². The van der Waals surface area contributed by atoms with Crippen LogP contribution in [0.25, 0.3) is 16.9 Å². The van der Waals surface area contributed by atoms with Crippen molar-refractivity contribution in [1.29, 1.82) is 0 Å². The van der Waals surface area contributed by atoms with Gasteiger partial charge in [-0.3, -0.25) is 4.79 Å². The van der Waals surface area contributed by atoms with Gasteiger partial charge in [0.2, 0.25) is 0 Å². The minimum atomic E-state index is -0.700. The molecule has 0 radical (unpaired) electrons. The van der Waals surface area contributed by atoms with Gasteiger partial charge < -0.3 is 4.90 Å². The van der Waals surface area contributed by atoms with E-state index in [0.717, 1.165) is 35.6 Å². The molecule has 0 atom stereocenters. The molecular weight excluding hydrogens is 350 g/mol. The first-order valence-corrected chi connectivity index (χ1v) is 8.85. The molecule has 5 nitrogen and oxygen atoms in total. The molecule has 0 unspecified atom stereocenters. The Morgan fingerprint density at radius 3 is 2.67 bits per heavy atom. The summed E-state index contributed by atoms with van der Waals surface area (Å²) in [7, 11) is 0. The van der Waals surface area contributed by atoms with Crippen molar-refractivity contribution in [2.75, 3.05) is 0 Å². The van der Waals surface area contributed by atoms with Crippen LogP contribution < -0.4 is 0 Å². The first-order valence-electron chi connectivity index (χ1n) is 8.85. The monoisotopic (exact) mass is 366 g/mol. The van der Waals surface area contributed by atoms with Gasteiger partial charge in [0.05, 0.1) is 5.69 Å². The molecule has 1 aliphatic heterocycles. The molecule has 1 amide bonds. The molecule has 2 aliphatic rings. The van der Waals surface area contributed by atoms with Crippen LogP contribution in [0, 0.1) is 18.6 Å². The van der Waals surface area contributed by atoms with E-state index in [1.807, 2.05) is 23.1 Å². The number of amides is 1. The van der Waals surface area contributed by atoms with Gasteiger partial charge >= 0.3 is 0 Å². The highest BCUT2D eigenvalue weighted by atomic mass is 19.1. The van der Waals surface area contributed by atoms with E-state index < -0.39 is 11.6 Å². The Hall–Kier alpha value is -3.09. The van der Waals surface area contributed by atoms with E-state index in [1.165, 1.54) is 16.8 Å². The second kappa shape index (κ2) is 5.70. The Kier molecular flexibility index (Phi) is 3.40. The lowest BCUT2D eigenvalue weighted by atomic mass is 10.0. The molecule has 1 aromatic heterocycles. The first kappa shape index (κ1) is 16.1. The quantitative estimate of drug-likeness (QED) is 0.711. The fourth-order valence-electron chi connectivity index (χ4n) is 3.65. The second-order valence-electron chi connectivity index (χ2n) is 7.07. The summed E-state index contributed by atoms with van der Waals surface area (Å²) in [4.78, 5) is 14.4. The Bertz CT molecular complexity index is 1090. The van der Waals surface area contributed by atoms with Gasteiger partial charge in [0.15, 0.2) is 5.82 Å². The molecule has 1 saturated carbocycles. The van der Waals surface area contributed by atoms with Gasteiger partial charge in [-0.1, -0.05) is 11.3 Å². The van der Waals surface area contributed by atoms with Gasteiger partial charge in [0.1, 0.15) is 17.2 Å². The largest absolute Gasteiger partial charge is 0.331 e. The molecule has 5 rings (SSSR count). The summed E-state index contributed by atoms with van der Waals surface area (Å²) in [6.07, 6.45) is 2.15. The molecule has 1 aliphatic carbocycles. The Balaban J connectivity index is 1.53. The summed E-state index contributed by atoms with van der Waals surface area (Å²) in [5, 5.41) is 8.23. The van der Waals surface area contributed by atoms with Crippen molar-refractivity contribution in [2.24, 2.45) is 0 Å². The maximum Gasteiger partial charge on any atom is 0.254 e. The Morgan fingerprint density at radius 2 is 1.93 bits per heavy atom. The Morgan fingerprint density at radius 1 is 1.11 bits per heavy atom. The first-order chi connectivity index (χ1) is 13.0. The van der Waals surface area contributed by atoms with Gasteiger partial charge in [-0.25, -0.2) is 13.5 Å². The predicted molar refractivity (Wildman–Crippen MR) is 94.3 cm³/mol. The van der Waals surface area contributed by atoms with E-state index >= 15 is 0 Å². The van der Waals surface area contributed by atoms with Gasteiger partial charge in [-0.15, -0.1) is 5.10 Å². The third kappa shape index (κ3) is 2.53. The van der Waals surface area contributed by atoms with Crippen molar-refractivity contribution < 1.29 is 13.6 Å². The van der Waals surface area contributed by atoms with Gasteiger partial charge in [-0.05, 0) is 49.6 Å². The smallest absolute Gasteiger partial charge is 0.254 e. The second-order valence-corrected chi connectivity index (χ2v) is 7.07. The molecule has 0 N–H and O–H groups in total. The molecule has 0 saturated heterocycles. The highest BCUT2D eigenvalue weighted by molar-refractivity contribution is 5.99. The molecule has 2 heterocycles. The lowest BCUT2D eigenvalue weighted by molar-refractivity contribution is 0.0766. The van der Waals surface area contributed by atoms with Crippen LogP contribution in [0.2, 0.25) is 0 Å². The summed E-state index contributed by atoms with van der Waals surface area (Å²) in [5.74, 6) is -1.25. The molecule has 2 aromatic carbocycles. The molecule has 7 heteroatoms. The third-order valence-corrected chi connectivity index (χ3v) is 5.23. The van der Waals surface area contributed by atoms with Crippen molar-refractivity contribution in [3.8, 4) is 16.9 Å². The number of nitrogens with zero attached hydrogens (tertiary/aromatic N) is 4. The van der Waals surface area contributed by atoms with E-state index in [9.17, 15) is 13.6 Å². The maximum absolute atomic E-state index is 14.1. The van der Waals surface area contributed by atoms with Crippen LogP contribution in [-0.2, 0) is 6.54 Å². The maximum atomic E-state index is 14.1. The fraction of sp³-hybridized carbons (Fsp3) is 0.250. The van der Waals surface area contributed by atoms with Crippen LogP contribution in [0.1, 0.15) is 34.5 Å². The van der Waals surface area contributed by atoms with Crippen LogP contribution in [0.3, 0.4) is 0 Å². The van der Waals surface area contributed by atoms with Crippen molar-refractivity contribution >= 4 is 5.91 Å². The molecule has 136 valence electrons. The number of halogens is 2. The number of benzene rings is 2. The molecular formula is C20H16F2N4O. The molecule has 27 heavy (non-hydrogen) atoms. The predicted octanol–water partition coefficient (Wildman–Crippen LogP) is 3.64. The van der Waals surface area contributed by atoms with E-state index in [1.54, 1.807) is 6.92 Å². The van der Waals surface area contributed by atoms with Crippen molar-refractivity contribution in [3.05, 3.63) is 64.9 Å². The Labute approximate surface area is 154 Å². The normalized spacial score (nSPS) is 16.1. The van der Waals surface area contributed by atoms with E-state index in [-0.39, 0.29) is 11.6 Å². The van der Waals surface area contributed by atoms with Crippen molar-refractivity contribution in [2.45, 2.75) is 32.4 Å². The van der Waals surface area contributed by atoms with Crippen molar-refractivity contribution in [1.82, 2.24) is 19.9 Å². The SMILES string of the molecule is Cc1c(-c2ccc3c(c2)CN(C2CC2)C3=O)nnn1-c1ccc(F)cc1F. The number of carbonyl (C=O) groups is 1. The van der Waals surface area contributed by atoms with Crippen LogP contribution in [0.4, 0.5) is 8.78 Å². The van der Waals surface area contributed by atoms with Crippen LogP contribution in [0.15, 0.2) is 36.4 Å². The zero-order chi connectivity index (χ0) is 18.7. The summed E-state index contributed by atoms with van der Waals surface area (Å²) in [5.41, 5.74) is 3.93. The average Bonchev–Trinajstić information content (AvgIpc) is 3.34. The topological polar surface area (TPSA) is 51.0 Å². The number of hydrogen-bond acceptors (Lipinski definition) is 3. The average molecular weight is 366 g/mol. The number of rotatable bonds is 3. The summed E-state index contributed by atoms with van der Waals surface area (Å²) in [6.45, 7) is 2.40. The van der Waals surface area contributed by atoms with E-state index in [0.29, 0.717) is 24.0 Å². The summed E-state index contributed by atoms with van der Waals surface area (Å²) in [6, 6.07) is 9.35. The number of hydrogen-bond donors (Lipinski definition) is 0. The lowest BCUT2D eigenvalue weighted by Crippen LogP contribution is -2.25. The third-order valence-electron chi connectivity index (χ3n) is 5.23. The highest BCUT2D eigenvalue weighted by Gasteiger charge is 2.38. The van der Waals surface area contributed by atoms with Crippen molar-refractivity contribution in [3.63, 3.8) is 0 Å². The zero-order valence-corrected chi connectivity index (χ0v) is 14.6. The number of carbonyl (C=O) groups excluding carboxylic acids is 1. The summed E-state index contributed by atoms with van der Waals surface area (Å²) >= 11 is 0. The minimum absolute atomic E-state index is 0.0906. The summed E-state index contributed by atoms with van der Waals surface area (Å²) < 4.78 is 28.6. The van der Waals surface area contributed by atoms with Crippen LogP contribution in [0.5, 0.6) is 0 Å². The van der Waals surface area contributed by atoms with Gasteiger partial charge in [0.25, 0.3) is 5.91 Å². The zero-order valence-electron chi connectivity index (χ0n) is 14.6. The van der Waals surface area contributed by atoms with Gasteiger partial charge in [0, 0.05) is 29.8 Å². The van der Waals surface area contributed by atoms with E-state index in [4.69, 9.17) is 0 Å². The van der Waals surface area contributed by atoms with Crippen LogP contribution in [-0.4, -0.2) is 31.8 Å². The molecule has 1 fully saturated rings. The highest BCUT2D eigenvalue weighted by Crippen LogP contribution is 2.36. The lowest BCUT2D eigenvalue weighted by Gasteiger charge is -2.13. The molecule has 0 bridgehead atoms. The molecule has 3 aromatic rings. The number of fused-ring (bicyclic) bond motifs is 1. The fourth-order valence-corrected chi connectivity index (χ4v) is 3.65. The van der Waals surface area contributed by atoms with Gasteiger partial charge in [-0.2, -0.15) is 0 Å². The van der Waals surface area contributed by atoms with E-state index in [2.05, 4.69) is 10.3 Å².